The Bertz CT molecular complexity index is 643. The summed E-state index contributed by atoms with van der Waals surface area (Å²) in [4.78, 5) is 2.11. The van der Waals surface area contributed by atoms with Gasteiger partial charge in [0, 0.05) is 17.8 Å². The highest BCUT2D eigenvalue weighted by molar-refractivity contribution is 5.51. The monoisotopic (exact) mass is 285 g/mol. The number of halogens is 1. The van der Waals surface area contributed by atoms with Gasteiger partial charge in [-0.25, -0.2) is 4.39 Å². The lowest BCUT2D eigenvalue weighted by molar-refractivity contribution is 0.289. The summed E-state index contributed by atoms with van der Waals surface area (Å²) in [5, 5.41) is 0. The Morgan fingerprint density at radius 1 is 1.05 bits per heavy atom. The second kappa shape index (κ2) is 5.06. The van der Waals surface area contributed by atoms with E-state index in [1.165, 1.54) is 23.3 Å². The van der Waals surface area contributed by atoms with Crippen LogP contribution in [0.1, 0.15) is 31.9 Å². The third-order valence-corrected chi connectivity index (χ3v) is 3.86. The van der Waals surface area contributed by atoms with Crippen molar-refractivity contribution in [2.45, 2.75) is 32.7 Å². The molecule has 0 radical (unpaired) electrons. The van der Waals surface area contributed by atoms with Crippen LogP contribution in [0.5, 0.6) is 5.75 Å². The molecule has 1 aliphatic rings. The third kappa shape index (κ3) is 2.87. The van der Waals surface area contributed by atoms with E-state index in [1.54, 1.807) is 12.1 Å². The molecular formula is C18H20FNO. The molecule has 2 aromatic rings. The van der Waals surface area contributed by atoms with Gasteiger partial charge in [0.05, 0.1) is 0 Å². The molecule has 110 valence electrons. The maximum Gasteiger partial charge on any atom is 0.161 e. The van der Waals surface area contributed by atoms with Gasteiger partial charge in [-0.2, -0.15) is 0 Å². The van der Waals surface area contributed by atoms with Gasteiger partial charge in [-0.3, -0.25) is 0 Å². The molecule has 0 bridgehead atoms. The number of anilines is 1. The Hall–Kier alpha value is -2.03. The highest BCUT2D eigenvalue weighted by Gasteiger charge is 2.21. The molecule has 1 aliphatic heterocycles. The van der Waals surface area contributed by atoms with E-state index in [1.807, 2.05) is 0 Å². The summed E-state index contributed by atoms with van der Waals surface area (Å²) in [6.45, 7) is 7.89. The van der Waals surface area contributed by atoms with Gasteiger partial charge < -0.3 is 9.64 Å². The van der Waals surface area contributed by atoms with Crippen molar-refractivity contribution in [2.24, 2.45) is 0 Å². The van der Waals surface area contributed by atoms with Gasteiger partial charge in [0.1, 0.15) is 11.6 Å². The fourth-order valence-electron chi connectivity index (χ4n) is 2.53. The zero-order valence-electron chi connectivity index (χ0n) is 12.7. The quantitative estimate of drug-likeness (QED) is 0.766. The second-order valence-electron chi connectivity index (χ2n) is 6.52. The summed E-state index contributed by atoms with van der Waals surface area (Å²) in [5.41, 5.74) is 3.57. The average molecular weight is 285 g/mol. The minimum atomic E-state index is -0.216. The molecule has 0 saturated carbocycles. The molecule has 0 saturated heterocycles. The second-order valence-corrected chi connectivity index (χ2v) is 6.52. The molecule has 21 heavy (non-hydrogen) atoms. The lowest BCUT2D eigenvalue weighted by Gasteiger charge is -2.32. The Morgan fingerprint density at radius 2 is 1.76 bits per heavy atom. The summed E-state index contributed by atoms with van der Waals surface area (Å²) in [5.74, 6) is 0.730. The zero-order valence-corrected chi connectivity index (χ0v) is 12.7. The molecule has 2 aromatic carbocycles. The van der Waals surface area contributed by atoms with Crippen molar-refractivity contribution in [3.8, 4) is 5.75 Å². The van der Waals surface area contributed by atoms with Crippen molar-refractivity contribution in [2.75, 3.05) is 11.6 Å². The van der Waals surface area contributed by atoms with Crippen molar-refractivity contribution in [3.63, 3.8) is 0 Å². The van der Waals surface area contributed by atoms with Gasteiger partial charge in [-0.15, -0.1) is 0 Å². The molecule has 0 N–H and O–H groups in total. The van der Waals surface area contributed by atoms with E-state index in [2.05, 4.69) is 43.9 Å². The topological polar surface area (TPSA) is 12.5 Å². The fourth-order valence-corrected chi connectivity index (χ4v) is 2.53. The lowest BCUT2D eigenvalue weighted by atomic mass is 9.86. The standard InChI is InChI=1S/C18H20FNO/c1-18(2,3)14-4-9-17-13(10-14)11-20(12-21-17)16-7-5-15(19)6-8-16/h4-10H,11-12H2,1-3H3. The van der Waals surface area contributed by atoms with Crippen molar-refractivity contribution in [1.29, 1.82) is 0 Å². The first kappa shape index (κ1) is 13.9. The highest BCUT2D eigenvalue weighted by Crippen LogP contribution is 2.32. The SMILES string of the molecule is CC(C)(C)c1ccc2c(c1)CN(c1ccc(F)cc1)CO2. The number of nitrogens with zero attached hydrogens (tertiary/aromatic N) is 1. The Kier molecular flexibility index (Phi) is 3.36. The van der Waals surface area contributed by atoms with E-state index in [0.29, 0.717) is 6.73 Å². The maximum absolute atomic E-state index is 13.0. The third-order valence-electron chi connectivity index (χ3n) is 3.86. The van der Waals surface area contributed by atoms with Crippen LogP contribution in [0.4, 0.5) is 10.1 Å². The Balaban J connectivity index is 1.88. The maximum atomic E-state index is 13.0. The van der Waals surface area contributed by atoms with Crippen LogP contribution in [0.3, 0.4) is 0 Å². The van der Waals surface area contributed by atoms with Crippen LogP contribution in [-0.4, -0.2) is 6.73 Å². The number of rotatable bonds is 1. The number of hydrogen-bond acceptors (Lipinski definition) is 2. The van der Waals surface area contributed by atoms with Crippen LogP contribution in [0, 0.1) is 5.82 Å². The van der Waals surface area contributed by atoms with E-state index in [9.17, 15) is 4.39 Å². The first-order valence-electron chi connectivity index (χ1n) is 7.20. The Labute approximate surface area is 125 Å². The minimum absolute atomic E-state index is 0.118. The van der Waals surface area contributed by atoms with Crippen LogP contribution >= 0.6 is 0 Å². The average Bonchev–Trinajstić information content (AvgIpc) is 2.46. The number of benzene rings is 2. The molecule has 0 amide bonds. The number of fused-ring (bicyclic) bond motifs is 1. The first-order valence-corrected chi connectivity index (χ1v) is 7.20. The molecule has 0 atom stereocenters. The minimum Gasteiger partial charge on any atom is -0.473 e. The van der Waals surface area contributed by atoms with Gasteiger partial charge in [-0.05, 0) is 47.4 Å². The Morgan fingerprint density at radius 3 is 2.43 bits per heavy atom. The van der Waals surface area contributed by atoms with Gasteiger partial charge in [0.2, 0.25) is 0 Å². The fraction of sp³-hybridized carbons (Fsp3) is 0.333. The van der Waals surface area contributed by atoms with Gasteiger partial charge in [0.25, 0.3) is 0 Å². The van der Waals surface area contributed by atoms with Crippen molar-refractivity contribution in [3.05, 3.63) is 59.4 Å². The summed E-state index contributed by atoms with van der Waals surface area (Å²) in [6.07, 6.45) is 0. The van der Waals surface area contributed by atoms with E-state index >= 15 is 0 Å². The summed E-state index contributed by atoms with van der Waals surface area (Å²) in [7, 11) is 0. The summed E-state index contributed by atoms with van der Waals surface area (Å²) < 4.78 is 18.8. The predicted octanol–water partition coefficient (Wildman–Crippen LogP) is 4.48. The highest BCUT2D eigenvalue weighted by atomic mass is 19.1. The molecule has 3 heteroatoms. The van der Waals surface area contributed by atoms with Gasteiger partial charge >= 0.3 is 0 Å². The van der Waals surface area contributed by atoms with Gasteiger partial charge in [0.15, 0.2) is 6.73 Å². The molecule has 0 spiro atoms. The van der Waals surface area contributed by atoms with E-state index in [0.717, 1.165) is 18.0 Å². The normalized spacial score (nSPS) is 14.6. The smallest absolute Gasteiger partial charge is 0.161 e. The predicted molar refractivity (Wildman–Crippen MR) is 83.2 cm³/mol. The van der Waals surface area contributed by atoms with E-state index in [-0.39, 0.29) is 11.2 Å². The molecular weight excluding hydrogens is 265 g/mol. The number of ether oxygens (including phenoxy) is 1. The van der Waals surface area contributed by atoms with E-state index in [4.69, 9.17) is 4.74 Å². The molecule has 3 rings (SSSR count). The van der Waals surface area contributed by atoms with Crippen molar-refractivity contribution >= 4 is 5.69 Å². The summed E-state index contributed by atoms with van der Waals surface area (Å²) >= 11 is 0. The summed E-state index contributed by atoms with van der Waals surface area (Å²) in [6, 6.07) is 12.9. The number of hydrogen-bond donors (Lipinski definition) is 0. The van der Waals surface area contributed by atoms with Crippen LogP contribution in [-0.2, 0) is 12.0 Å². The first-order chi connectivity index (χ1) is 9.93. The molecule has 0 unspecified atom stereocenters. The molecule has 0 aliphatic carbocycles. The van der Waals surface area contributed by atoms with Crippen molar-refractivity contribution < 1.29 is 9.13 Å². The lowest BCUT2D eigenvalue weighted by Crippen LogP contribution is -2.32. The zero-order chi connectivity index (χ0) is 15.0. The van der Waals surface area contributed by atoms with Gasteiger partial charge in [-0.1, -0.05) is 26.8 Å². The van der Waals surface area contributed by atoms with Crippen LogP contribution in [0.15, 0.2) is 42.5 Å². The van der Waals surface area contributed by atoms with Crippen LogP contribution in [0.2, 0.25) is 0 Å². The van der Waals surface area contributed by atoms with Crippen molar-refractivity contribution in [1.82, 2.24) is 0 Å². The molecule has 1 heterocycles. The largest absolute Gasteiger partial charge is 0.473 e. The van der Waals surface area contributed by atoms with Crippen LogP contribution < -0.4 is 9.64 Å². The molecule has 2 nitrogen and oxygen atoms in total. The van der Waals surface area contributed by atoms with Crippen LogP contribution in [0.25, 0.3) is 0 Å². The molecule has 0 fully saturated rings. The molecule has 0 aromatic heterocycles. The van der Waals surface area contributed by atoms with E-state index < -0.39 is 0 Å².